The minimum absolute atomic E-state index is 0.162. The number of esters is 3. The van der Waals surface area contributed by atoms with Gasteiger partial charge in [-0.05, 0) is 24.6 Å². The highest BCUT2D eigenvalue weighted by molar-refractivity contribution is 5.96. The van der Waals surface area contributed by atoms with Crippen LogP contribution < -0.4 is 0 Å². The van der Waals surface area contributed by atoms with E-state index in [1.54, 1.807) is 6.92 Å². The summed E-state index contributed by atoms with van der Waals surface area (Å²) in [4.78, 5) is 34.6. The predicted molar refractivity (Wildman–Crippen MR) is 69.3 cm³/mol. The summed E-state index contributed by atoms with van der Waals surface area (Å²) >= 11 is 0. The van der Waals surface area contributed by atoms with Gasteiger partial charge in [-0.3, -0.25) is 0 Å². The molecule has 0 heterocycles. The van der Waals surface area contributed by atoms with E-state index in [2.05, 4.69) is 9.47 Å². The molecule has 1 rings (SSSR count). The summed E-state index contributed by atoms with van der Waals surface area (Å²) < 4.78 is 14.1. The molecule has 0 fully saturated rings. The van der Waals surface area contributed by atoms with Crippen molar-refractivity contribution in [2.24, 2.45) is 0 Å². The lowest BCUT2D eigenvalue weighted by molar-refractivity contribution is -0.151. The van der Waals surface area contributed by atoms with Crippen molar-refractivity contribution in [1.29, 1.82) is 0 Å². The van der Waals surface area contributed by atoms with Crippen LogP contribution >= 0.6 is 0 Å². The molecule has 0 aliphatic rings. The van der Waals surface area contributed by atoms with Gasteiger partial charge in [0.2, 0.25) is 0 Å². The van der Waals surface area contributed by atoms with Crippen molar-refractivity contribution < 1.29 is 28.6 Å². The first kappa shape index (κ1) is 15.7. The van der Waals surface area contributed by atoms with Gasteiger partial charge in [0, 0.05) is 0 Å². The Bertz CT molecular complexity index is 508. The molecule has 6 heteroatoms. The fraction of sp³-hybridized carbons (Fsp3) is 0.357. The fourth-order valence-corrected chi connectivity index (χ4v) is 1.52. The highest BCUT2D eigenvalue weighted by Crippen LogP contribution is 2.11. The third-order valence-electron chi connectivity index (χ3n) is 2.60. The molecule has 20 heavy (non-hydrogen) atoms. The van der Waals surface area contributed by atoms with Gasteiger partial charge in [-0.15, -0.1) is 0 Å². The topological polar surface area (TPSA) is 78.9 Å². The van der Waals surface area contributed by atoms with Crippen LogP contribution in [0.15, 0.2) is 24.3 Å². The van der Waals surface area contributed by atoms with E-state index < -0.39 is 24.0 Å². The second kappa shape index (κ2) is 7.28. The average Bonchev–Trinajstić information content (AvgIpc) is 2.50. The number of carbonyl (C=O) groups excluding carboxylic acids is 3. The molecule has 1 unspecified atom stereocenters. The lowest BCUT2D eigenvalue weighted by Crippen LogP contribution is -2.27. The molecular weight excluding hydrogens is 264 g/mol. The van der Waals surface area contributed by atoms with Crippen LogP contribution in [0.25, 0.3) is 0 Å². The highest BCUT2D eigenvalue weighted by Gasteiger charge is 2.22. The minimum atomic E-state index is -0.964. The summed E-state index contributed by atoms with van der Waals surface area (Å²) in [6.07, 6.45) is -0.663. The zero-order chi connectivity index (χ0) is 15.1. The van der Waals surface area contributed by atoms with Crippen molar-refractivity contribution in [3.8, 4) is 0 Å². The fourth-order valence-electron chi connectivity index (χ4n) is 1.52. The number of hydrogen-bond donors (Lipinski definition) is 0. The van der Waals surface area contributed by atoms with Gasteiger partial charge >= 0.3 is 17.9 Å². The molecule has 0 radical (unpaired) electrons. The van der Waals surface area contributed by atoms with Crippen LogP contribution in [0.5, 0.6) is 0 Å². The maximum Gasteiger partial charge on any atom is 0.347 e. The Balaban J connectivity index is 2.87. The molecule has 0 amide bonds. The number of hydrogen-bond acceptors (Lipinski definition) is 6. The summed E-state index contributed by atoms with van der Waals surface area (Å²) in [5, 5.41) is 0. The molecule has 0 N–H and O–H groups in total. The molecule has 0 aliphatic heterocycles. The molecule has 0 aliphatic carbocycles. The Kier molecular flexibility index (Phi) is 5.71. The number of ether oxygens (including phenoxy) is 3. The molecule has 0 bridgehead atoms. The van der Waals surface area contributed by atoms with Gasteiger partial charge < -0.3 is 14.2 Å². The minimum Gasteiger partial charge on any atom is -0.466 e. The average molecular weight is 280 g/mol. The van der Waals surface area contributed by atoms with Crippen molar-refractivity contribution >= 4 is 17.9 Å². The predicted octanol–water partition coefficient (Wildman–Crippen LogP) is 1.58. The standard InChI is InChI=1S/C14H16O6/c1-4-11(14(17)19-3)20-13(16)10-7-5-6-9(8-10)12(15)18-2/h5-8,11H,4H2,1-3H3. The van der Waals surface area contributed by atoms with Crippen molar-refractivity contribution in [3.63, 3.8) is 0 Å². The van der Waals surface area contributed by atoms with E-state index in [1.165, 1.54) is 38.5 Å². The molecule has 108 valence electrons. The van der Waals surface area contributed by atoms with Crippen LogP contribution in [0.1, 0.15) is 34.1 Å². The van der Waals surface area contributed by atoms with Crippen molar-refractivity contribution in [2.45, 2.75) is 19.4 Å². The molecule has 6 nitrogen and oxygen atoms in total. The van der Waals surface area contributed by atoms with Gasteiger partial charge in [0.15, 0.2) is 6.10 Å². The number of rotatable bonds is 5. The third-order valence-corrected chi connectivity index (χ3v) is 2.60. The number of methoxy groups -OCH3 is 2. The Labute approximate surface area is 116 Å². The second-order valence-electron chi connectivity index (χ2n) is 3.90. The quantitative estimate of drug-likeness (QED) is 0.602. The van der Waals surface area contributed by atoms with E-state index in [0.717, 1.165) is 0 Å². The highest BCUT2D eigenvalue weighted by atomic mass is 16.6. The maximum atomic E-state index is 11.9. The van der Waals surface area contributed by atoms with Crippen LogP contribution in [-0.4, -0.2) is 38.2 Å². The van der Waals surface area contributed by atoms with Crippen LogP contribution in [0.2, 0.25) is 0 Å². The van der Waals surface area contributed by atoms with E-state index in [9.17, 15) is 14.4 Å². The zero-order valence-electron chi connectivity index (χ0n) is 11.5. The lowest BCUT2D eigenvalue weighted by atomic mass is 10.1. The normalized spacial score (nSPS) is 11.3. The largest absolute Gasteiger partial charge is 0.466 e. The molecule has 1 atom stereocenters. The lowest BCUT2D eigenvalue weighted by Gasteiger charge is -2.13. The Hall–Kier alpha value is -2.37. The molecular formula is C14H16O6. The van der Waals surface area contributed by atoms with Gasteiger partial charge in [0.05, 0.1) is 25.3 Å². The Morgan fingerprint density at radius 3 is 2.15 bits per heavy atom. The van der Waals surface area contributed by atoms with Crippen molar-refractivity contribution in [3.05, 3.63) is 35.4 Å². The Morgan fingerprint density at radius 2 is 1.65 bits per heavy atom. The summed E-state index contributed by atoms with van der Waals surface area (Å²) in [6, 6.07) is 5.87. The van der Waals surface area contributed by atoms with Gasteiger partial charge in [-0.2, -0.15) is 0 Å². The van der Waals surface area contributed by atoms with Crippen LogP contribution in [-0.2, 0) is 19.0 Å². The number of carbonyl (C=O) groups is 3. The molecule has 0 saturated heterocycles. The van der Waals surface area contributed by atoms with Gasteiger partial charge in [-0.25, -0.2) is 14.4 Å². The summed E-state index contributed by atoms with van der Waals surface area (Å²) in [6.45, 7) is 1.69. The smallest absolute Gasteiger partial charge is 0.347 e. The molecule has 0 saturated carbocycles. The third kappa shape index (κ3) is 3.81. The van der Waals surface area contributed by atoms with Crippen molar-refractivity contribution in [2.75, 3.05) is 14.2 Å². The van der Waals surface area contributed by atoms with E-state index in [-0.39, 0.29) is 11.1 Å². The van der Waals surface area contributed by atoms with Crippen LogP contribution in [0.4, 0.5) is 0 Å². The second-order valence-corrected chi connectivity index (χ2v) is 3.90. The van der Waals surface area contributed by atoms with E-state index in [4.69, 9.17) is 4.74 Å². The number of benzene rings is 1. The Morgan fingerprint density at radius 1 is 1.05 bits per heavy atom. The first-order valence-corrected chi connectivity index (χ1v) is 6.00. The zero-order valence-corrected chi connectivity index (χ0v) is 11.5. The summed E-state index contributed by atoms with van der Waals surface area (Å²) in [7, 11) is 2.47. The summed E-state index contributed by atoms with van der Waals surface area (Å²) in [5.74, 6) is -1.88. The van der Waals surface area contributed by atoms with E-state index in [0.29, 0.717) is 6.42 Å². The van der Waals surface area contributed by atoms with Gasteiger partial charge in [0.25, 0.3) is 0 Å². The van der Waals surface area contributed by atoms with E-state index >= 15 is 0 Å². The SMILES string of the molecule is CCC(OC(=O)c1cccc(C(=O)OC)c1)C(=O)OC. The monoisotopic (exact) mass is 280 g/mol. The molecule has 0 spiro atoms. The molecule has 1 aromatic carbocycles. The van der Waals surface area contributed by atoms with Gasteiger partial charge in [0.1, 0.15) is 0 Å². The molecule has 0 aromatic heterocycles. The first-order chi connectivity index (χ1) is 9.53. The maximum absolute atomic E-state index is 11.9. The van der Waals surface area contributed by atoms with Crippen LogP contribution in [0, 0.1) is 0 Å². The van der Waals surface area contributed by atoms with E-state index in [1.807, 2.05) is 0 Å². The molecule has 1 aromatic rings. The first-order valence-electron chi connectivity index (χ1n) is 6.00. The van der Waals surface area contributed by atoms with Crippen molar-refractivity contribution in [1.82, 2.24) is 0 Å². The summed E-state index contributed by atoms with van der Waals surface area (Å²) in [5.41, 5.74) is 0.392. The van der Waals surface area contributed by atoms with Gasteiger partial charge in [-0.1, -0.05) is 13.0 Å². The van der Waals surface area contributed by atoms with Crippen LogP contribution in [0.3, 0.4) is 0 Å².